The molecule has 3 aliphatic rings. The minimum absolute atomic E-state index is 0.143. The van der Waals surface area contributed by atoms with Crippen LogP contribution < -0.4 is 0 Å². The zero-order valence-corrected chi connectivity index (χ0v) is 23.0. The summed E-state index contributed by atoms with van der Waals surface area (Å²) in [6.07, 6.45) is 6.86. The third-order valence-electron chi connectivity index (χ3n) is 9.55. The fourth-order valence-electron chi connectivity index (χ4n) is 7.36. The van der Waals surface area contributed by atoms with Crippen LogP contribution in [-0.4, -0.2) is 43.0 Å². The van der Waals surface area contributed by atoms with E-state index in [0.29, 0.717) is 45.3 Å². The average molecular weight is 541 g/mol. The van der Waals surface area contributed by atoms with Crippen molar-refractivity contribution < 1.29 is 14.7 Å². The molecular weight excluding hydrogens is 508 g/mol. The highest BCUT2D eigenvalue weighted by atomic mass is 32.1. The van der Waals surface area contributed by atoms with Crippen molar-refractivity contribution in [3.63, 3.8) is 0 Å². The number of fused-ring (bicyclic) bond motifs is 5. The number of nitrogens with zero attached hydrogens (tertiary/aromatic N) is 4. The molecular formula is C31H32N4O3S. The van der Waals surface area contributed by atoms with Gasteiger partial charge in [0.25, 0.3) is 0 Å². The highest BCUT2D eigenvalue weighted by Crippen LogP contribution is 2.63. The molecule has 2 bridgehead atoms. The Balaban J connectivity index is 1.17. The highest BCUT2D eigenvalue weighted by molar-refractivity contribution is 7.15. The van der Waals surface area contributed by atoms with Crippen molar-refractivity contribution in [3.8, 4) is 10.6 Å². The Bertz CT molecular complexity index is 1600. The molecule has 1 aliphatic heterocycles. The van der Waals surface area contributed by atoms with Gasteiger partial charge in [-0.1, -0.05) is 30.3 Å². The maximum absolute atomic E-state index is 13.7. The first-order valence-electron chi connectivity index (χ1n) is 13.8. The summed E-state index contributed by atoms with van der Waals surface area (Å²) in [5.41, 5.74) is 4.79. The summed E-state index contributed by atoms with van der Waals surface area (Å²) in [5, 5.41) is 12.0. The summed E-state index contributed by atoms with van der Waals surface area (Å²) < 4.78 is 2.26. The molecule has 7 nitrogen and oxygen atoms in total. The van der Waals surface area contributed by atoms with Gasteiger partial charge in [-0.3, -0.25) is 9.59 Å². The summed E-state index contributed by atoms with van der Waals surface area (Å²) in [6.45, 7) is 3.99. The fraction of sp³-hybridized carbons (Fsp3) is 0.419. The van der Waals surface area contributed by atoms with Gasteiger partial charge in [0.2, 0.25) is 5.91 Å². The molecule has 0 atom stereocenters. The molecule has 2 aliphatic carbocycles. The Kier molecular flexibility index (Phi) is 5.67. The summed E-state index contributed by atoms with van der Waals surface area (Å²) in [7, 11) is 0. The lowest BCUT2D eigenvalue weighted by Gasteiger charge is -2.33. The van der Waals surface area contributed by atoms with Gasteiger partial charge >= 0.3 is 5.97 Å². The van der Waals surface area contributed by atoms with Gasteiger partial charge in [-0.05, 0) is 68.6 Å². The van der Waals surface area contributed by atoms with Gasteiger partial charge in [0, 0.05) is 40.7 Å². The first-order valence-corrected chi connectivity index (χ1v) is 14.7. The van der Waals surface area contributed by atoms with E-state index in [1.807, 2.05) is 35.4 Å². The second kappa shape index (κ2) is 9.01. The second-order valence-electron chi connectivity index (χ2n) is 11.8. The van der Waals surface area contributed by atoms with Crippen molar-refractivity contribution in [1.29, 1.82) is 0 Å². The van der Waals surface area contributed by atoms with E-state index in [1.54, 1.807) is 11.3 Å². The van der Waals surface area contributed by atoms with E-state index in [-0.39, 0.29) is 11.3 Å². The van der Waals surface area contributed by atoms with Crippen molar-refractivity contribution >= 4 is 34.2 Å². The molecule has 1 amide bonds. The number of hydrogen-bond donors (Lipinski definition) is 1. The van der Waals surface area contributed by atoms with Crippen LogP contribution in [-0.2, 0) is 29.1 Å². The van der Waals surface area contributed by atoms with Crippen LogP contribution in [0.5, 0.6) is 0 Å². The molecule has 0 unspecified atom stereocenters. The number of carbonyl (C=O) groups excluding carboxylic acids is 1. The Labute approximate surface area is 231 Å². The Morgan fingerprint density at radius 2 is 1.87 bits per heavy atom. The fourth-order valence-corrected chi connectivity index (χ4v) is 8.29. The number of carbonyl (C=O) groups is 2. The third-order valence-corrected chi connectivity index (χ3v) is 10.6. The number of aliphatic carboxylic acids is 1. The van der Waals surface area contributed by atoms with Gasteiger partial charge in [-0.2, -0.15) is 0 Å². The molecule has 0 spiro atoms. The van der Waals surface area contributed by atoms with Crippen molar-refractivity contribution in [3.05, 3.63) is 70.5 Å². The molecule has 7 rings (SSSR count). The van der Waals surface area contributed by atoms with Crippen molar-refractivity contribution in [2.24, 2.45) is 10.8 Å². The molecule has 1 N–H and O–H groups in total. The molecule has 8 heteroatoms. The van der Waals surface area contributed by atoms with E-state index in [4.69, 9.17) is 9.97 Å². The Hall–Kier alpha value is -3.52. The van der Waals surface area contributed by atoms with Gasteiger partial charge in [0.05, 0.1) is 24.2 Å². The standard InChI is InChI=1S/C31H32N4O3S/c1-20-24(33-28(39-20)21-6-3-2-4-7-21)17-35-25-18-34(15-9-22(25)23-8-5-14-32-27(23)35)26(36)16-30-10-12-31(19-30,13-11-30)29(37)38/h2-8,14H,9-13,15-19H2,1H3,(H,37,38). The van der Waals surface area contributed by atoms with E-state index in [9.17, 15) is 14.7 Å². The third kappa shape index (κ3) is 3.99. The van der Waals surface area contributed by atoms with Crippen LogP contribution >= 0.6 is 11.3 Å². The SMILES string of the molecule is Cc1sc(-c2ccccc2)nc1Cn1c2c(c3cccnc31)CCN(C(=O)CC13CCC(C(=O)O)(CC1)C3)C2. The van der Waals surface area contributed by atoms with Crippen LogP contribution in [0.1, 0.15) is 60.4 Å². The van der Waals surface area contributed by atoms with Crippen LogP contribution in [0.25, 0.3) is 21.6 Å². The largest absolute Gasteiger partial charge is 0.481 e. The summed E-state index contributed by atoms with van der Waals surface area (Å²) in [4.78, 5) is 38.5. The van der Waals surface area contributed by atoms with Crippen LogP contribution in [0.2, 0.25) is 0 Å². The molecule has 4 aromatic rings. The van der Waals surface area contributed by atoms with E-state index in [0.717, 1.165) is 52.3 Å². The summed E-state index contributed by atoms with van der Waals surface area (Å²) in [5.74, 6) is -0.522. The van der Waals surface area contributed by atoms with E-state index in [1.165, 1.54) is 10.4 Å². The van der Waals surface area contributed by atoms with Crippen molar-refractivity contribution in [1.82, 2.24) is 19.4 Å². The van der Waals surface area contributed by atoms with E-state index < -0.39 is 11.4 Å². The molecule has 1 aromatic carbocycles. The number of aromatic nitrogens is 3. The topological polar surface area (TPSA) is 88.3 Å². The Morgan fingerprint density at radius 3 is 2.62 bits per heavy atom. The lowest BCUT2D eigenvalue weighted by atomic mass is 9.80. The number of aryl methyl sites for hydroxylation is 1. The number of pyridine rings is 1. The van der Waals surface area contributed by atoms with Crippen LogP contribution in [0, 0.1) is 17.8 Å². The number of thiazole rings is 1. The molecule has 39 heavy (non-hydrogen) atoms. The summed E-state index contributed by atoms with van der Waals surface area (Å²) in [6, 6.07) is 14.4. The molecule has 0 radical (unpaired) electrons. The van der Waals surface area contributed by atoms with Crippen LogP contribution in [0.3, 0.4) is 0 Å². The normalized spacial score (nSPS) is 23.9. The van der Waals surface area contributed by atoms with E-state index >= 15 is 0 Å². The van der Waals surface area contributed by atoms with Gasteiger partial charge in [-0.15, -0.1) is 11.3 Å². The van der Waals surface area contributed by atoms with Gasteiger partial charge in [-0.25, -0.2) is 9.97 Å². The lowest BCUT2D eigenvalue weighted by Crippen LogP contribution is -2.39. The van der Waals surface area contributed by atoms with Gasteiger partial charge in [0.1, 0.15) is 10.7 Å². The monoisotopic (exact) mass is 540 g/mol. The van der Waals surface area contributed by atoms with E-state index in [2.05, 4.69) is 29.7 Å². The number of rotatable bonds is 6. The molecule has 0 saturated heterocycles. The number of hydrogen-bond acceptors (Lipinski definition) is 5. The summed E-state index contributed by atoms with van der Waals surface area (Å²) >= 11 is 1.71. The molecule has 4 heterocycles. The first kappa shape index (κ1) is 24.5. The predicted molar refractivity (Wildman–Crippen MR) is 150 cm³/mol. The molecule has 200 valence electrons. The molecule has 3 aromatic heterocycles. The zero-order chi connectivity index (χ0) is 26.8. The van der Waals surface area contributed by atoms with Crippen LogP contribution in [0.4, 0.5) is 0 Å². The van der Waals surface area contributed by atoms with Gasteiger partial charge < -0.3 is 14.6 Å². The van der Waals surface area contributed by atoms with Gasteiger partial charge in [0.15, 0.2) is 0 Å². The van der Waals surface area contributed by atoms with Crippen molar-refractivity contribution in [2.75, 3.05) is 6.54 Å². The molecule has 2 saturated carbocycles. The first-order chi connectivity index (χ1) is 18.9. The lowest BCUT2D eigenvalue weighted by molar-refractivity contribution is -0.148. The number of amides is 1. The average Bonchev–Trinajstić information content (AvgIpc) is 3.70. The number of carboxylic acids is 1. The Morgan fingerprint density at radius 1 is 1.08 bits per heavy atom. The predicted octanol–water partition coefficient (Wildman–Crippen LogP) is 5.83. The number of benzene rings is 1. The maximum Gasteiger partial charge on any atom is 0.309 e. The minimum Gasteiger partial charge on any atom is -0.481 e. The van der Waals surface area contributed by atoms with Crippen molar-refractivity contribution in [2.45, 2.75) is 65.0 Å². The minimum atomic E-state index is -0.679. The number of carboxylic acid groups (broad SMARTS) is 1. The highest BCUT2D eigenvalue weighted by Gasteiger charge is 2.58. The zero-order valence-electron chi connectivity index (χ0n) is 22.2. The quantitative estimate of drug-likeness (QED) is 0.333. The second-order valence-corrected chi connectivity index (χ2v) is 13.0. The maximum atomic E-state index is 13.7. The molecule has 2 fully saturated rings. The smallest absolute Gasteiger partial charge is 0.309 e. The van der Waals surface area contributed by atoms with Crippen LogP contribution in [0.15, 0.2) is 48.7 Å².